The van der Waals surface area contributed by atoms with Gasteiger partial charge in [-0.15, -0.1) is 0 Å². The molecule has 1 aromatic rings. The normalized spacial score (nSPS) is 18.1. The average Bonchev–Trinajstić information content (AvgIpc) is 2.36. The summed E-state index contributed by atoms with van der Waals surface area (Å²) < 4.78 is 13.7. The summed E-state index contributed by atoms with van der Waals surface area (Å²) in [7, 11) is 0. The van der Waals surface area contributed by atoms with E-state index in [1.807, 2.05) is 0 Å². The van der Waals surface area contributed by atoms with Crippen molar-refractivity contribution in [2.75, 3.05) is 13.2 Å². The molecule has 0 bridgehead atoms. The van der Waals surface area contributed by atoms with E-state index in [1.54, 1.807) is 0 Å². The molecule has 2 nitrogen and oxygen atoms in total. The van der Waals surface area contributed by atoms with Gasteiger partial charge in [-0.05, 0) is 57.5 Å². The third-order valence-corrected chi connectivity index (χ3v) is 4.79. The van der Waals surface area contributed by atoms with Crippen molar-refractivity contribution < 1.29 is 9.47 Å². The number of ether oxygens (including phenoxy) is 2. The number of halogens is 2. The van der Waals surface area contributed by atoms with Crippen LogP contribution >= 0.6 is 31.9 Å². The molecule has 0 radical (unpaired) electrons. The van der Waals surface area contributed by atoms with E-state index >= 15 is 0 Å². The zero-order chi connectivity index (χ0) is 11.1. The number of rotatable bonds is 0. The first-order chi connectivity index (χ1) is 7.79. The maximum Gasteiger partial charge on any atom is 0.138 e. The molecule has 0 unspecified atom stereocenters. The van der Waals surface area contributed by atoms with Crippen LogP contribution in [0.15, 0.2) is 8.95 Å². The Bertz CT molecular complexity index is 365. The Balaban J connectivity index is 2.24. The number of fused-ring (bicyclic) bond motifs is 2. The van der Waals surface area contributed by atoms with Crippen molar-refractivity contribution >= 4 is 31.9 Å². The predicted molar refractivity (Wildman–Crippen MR) is 69.5 cm³/mol. The molecule has 0 N–H and O–H groups in total. The molecule has 86 valence electrons. The first-order valence-corrected chi connectivity index (χ1v) is 7.16. The van der Waals surface area contributed by atoms with Crippen molar-refractivity contribution in [2.45, 2.75) is 25.7 Å². The molecule has 0 fully saturated rings. The minimum absolute atomic E-state index is 0.817. The SMILES string of the molecule is Brc1c2c(c(Br)c3c1OCCC3)OCCC2. The summed E-state index contributed by atoms with van der Waals surface area (Å²) in [5.74, 6) is 2.03. The van der Waals surface area contributed by atoms with Gasteiger partial charge >= 0.3 is 0 Å². The van der Waals surface area contributed by atoms with Crippen molar-refractivity contribution in [3.63, 3.8) is 0 Å². The summed E-state index contributed by atoms with van der Waals surface area (Å²) in [5, 5.41) is 0. The van der Waals surface area contributed by atoms with E-state index < -0.39 is 0 Å². The van der Waals surface area contributed by atoms with Crippen LogP contribution in [-0.2, 0) is 12.8 Å². The zero-order valence-corrected chi connectivity index (χ0v) is 12.0. The fourth-order valence-corrected chi connectivity index (χ4v) is 3.80. The molecule has 16 heavy (non-hydrogen) atoms. The molecule has 0 atom stereocenters. The van der Waals surface area contributed by atoms with E-state index in [9.17, 15) is 0 Å². The summed E-state index contributed by atoms with van der Waals surface area (Å²) in [5.41, 5.74) is 2.50. The van der Waals surface area contributed by atoms with Gasteiger partial charge in [-0.2, -0.15) is 0 Å². The van der Waals surface area contributed by atoms with Gasteiger partial charge < -0.3 is 9.47 Å². The molecule has 0 aromatic heterocycles. The van der Waals surface area contributed by atoms with E-state index in [0.717, 1.165) is 59.3 Å². The molecular formula is C12H12Br2O2. The third kappa shape index (κ3) is 1.58. The highest BCUT2D eigenvalue weighted by molar-refractivity contribution is 9.11. The fraction of sp³-hybridized carbons (Fsp3) is 0.500. The maximum atomic E-state index is 5.77. The monoisotopic (exact) mass is 346 g/mol. The van der Waals surface area contributed by atoms with Crippen LogP contribution in [0.2, 0.25) is 0 Å². The van der Waals surface area contributed by atoms with E-state index in [-0.39, 0.29) is 0 Å². The lowest BCUT2D eigenvalue weighted by Gasteiger charge is -2.27. The first-order valence-electron chi connectivity index (χ1n) is 5.57. The topological polar surface area (TPSA) is 18.5 Å². The Hall–Kier alpha value is -0.220. The fourth-order valence-electron chi connectivity index (χ4n) is 2.33. The van der Waals surface area contributed by atoms with Crippen LogP contribution < -0.4 is 9.47 Å². The maximum absolute atomic E-state index is 5.77. The van der Waals surface area contributed by atoms with E-state index in [4.69, 9.17) is 9.47 Å². The summed E-state index contributed by atoms with van der Waals surface area (Å²) in [6.45, 7) is 1.63. The number of hydrogen-bond acceptors (Lipinski definition) is 2. The second-order valence-corrected chi connectivity index (χ2v) is 5.73. The van der Waals surface area contributed by atoms with E-state index in [0.29, 0.717) is 0 Å². The Morgan fingerprint density at radius 1 is 0.750 bits per heavy atom. The molecule has 4 heteroatoms. The molecule has 1 aromatic carbocycles. The lowest BCUT2D eigenvalue weighted by Crippen LogP contribution is -2.15. The van der Waals surface area contributed by atoms with Crippen LogP contribution in [0.1, 0.15) is 24.0 Å². The van der Waals surface area contributed by atoms with Gasteiger partial charge in [-0.3, -0.25) is 0 Å². The van der Waals surface area contributed by atoms with Crippen molar-refractivity contribution in [3.05, 3.63) is 20.1 Å². The van der Waals surface area contributed by atoms with Crippen LogP contribution in [-0.4, -0.2) is 13.2 Å². The molecule has 0 aliphatic carbocycles. The van der Waals surface area contributed by atoms with Gasteiger partial charge in [0.2, 0.25) is 0 Å². The standard InChI is InChI=1S/C12H12Br2O2/c13-9-7-3-1-5-15-11(7)10(14)8-4-2-6-16-12(8)9/h1-6H2. The number of hydrogen-bond donors (Lipinski definition) is 0. The van der Waals surface area contributed by atoms with Crippen LogP contribution in [0.5, 0.6) is 11.5 Å². The molecule has 2 aliphatic heterocycles. The highest BCUT2D eigenvalue weighted by atomic mass is 79.9. The summed E-state index contributed by atoms with van der Waals surface area (Å²) >= 11 is 7.32. The average molecular weight is 348 g/mol. The highest BCUT2D eigenvalue weighted by Crippen LogP contribution is 2.48. The molecule has 0 amide bonds. The number of benzene rings is 1. The summed E-state index contributed by atoms with van der Waals surface area (Å²) in [6.07, 6.45) is 4.28. The van der Waals surface area contributed by atoms with Gasteiger partial charge in [0.25, 0.3) is 0 Å². The predicted octanol–water partition coefficient (Wildman–Crippen LogP) is 3.86. The lowest BCUT2D eigenvalue weighted by molar-refractivity contribution is 0.268. The van der Waals surface area contributed by atoms with Gasteiger partial charge in [0.05, 0.1) is 22.2 Å². The first kappa shape index (κ1) is 10.9. The molecule has 3 rings (SSSR count). The minimum atomic E-state index is 0.817. The van der Waals surface area contributed by atoms with E-state index in [1.165, 1.54) is 11.1 Å². The van der Waals surface area contributed by atoms with Gasteiger partial charge in [0, 0.05) is 11.1 Å². The Kier molecular flexibility index (Phi) is 2.88. The molecule has 2 heterocycles. The molecular weight excluding hydrogens is 336 g/mol. The second-order valence-electron chi connectivity index (χ2n) is 4.15. The van der Waals surface area contributed by atoms with E-state index in [2.05, 4.69) is 31.9 Å². The van der Waals surface area contributed by atoms with Gasteiger partial charge in [-0.1, -0.05) is 0 Å². The van der Waals surface area contributed by atoms with Gasteiger partial charge in [0.1, 0.15) is 11.5 Å². The van der Waals surface area contributed by atoms with Gasteiger partial charge in [-0.25, -0.2) is 0 Å². The van der Waals surface area contributed by atoms with Crippen LogP contribution in [0.4, 0.5) is 0 Å². The smallest absolute Gasteiger partial charge is 0.138 e. The highest BCUT2D eigenvalue weighted by Gasteiger charge is 2.26. The van der Waals surface area contributed by atoms with Crippen LogP contribution in [0.3, 0.4) is 0 Å². The minimum Gasteiger partial charge on any atom is -0.492 e. The molecule has 0 saturated carbocycles. The molecule has 0 spiro atoms. The zero-order valence-electron chi connectivity index (χ0n) is 8.82. The van der Waals surface area contributed by atoms with Crippen molar-refractivity contribution in [2.24, 2.45) is 0 Å². The lowest BCUT2D eigenvalue weighted by atomic mass is 9.99. The van der Waals surface area contributed by atoms with Gasteiger partial charge in [0.15, 0.2) is 0 Å². The Labute approximate surface area is 112 Å². The summed E-state index contributed by atoms with van der Waals surface area (Å²) in [4.78, 5) is 0. The van der Waals surface area contributed by atoms with Crippen molar-refractivity contribution in [1.29, 1.82) is 0 Å². The quantitative estimate of drug-likeness (QED) is 0.709. The summed E-state index contributed by atoms with van der Waals surface area (Å²) in [6, 6.07) is 0. The molecule has 0 saturated heterocycles. The van der Waals surface area contributed by atoms with Crippen molar-refractivity contribution in [3.8, 4) is 11.5 Å². The van der Waals surface area contributed by atoms with Crippen molar-refractivity contribution in [1.82, 2.24) is 0 Å². The van der Waals surface area contributed by atoms with Crippen LogP contribution in [0, 0.1) is 0 Å². The Morgan fingerprint density at radius 3 is 1.62 bits per heavy atom. The molecule has 2 aliphatic rings. The largest absolute Gasteiger partial charge is 0.492 e. The Morgan fingerprint density at radius 2 is 1.19 bits per heavy atom. The third-order valence-electron chi connectivity index (χ3n) is 3.11. The van der Waals surface area contributed by atoms with Crippen LogP contribution in [0.25, 0.3) is 0 Å². The second kappa shape index (κ2) is 4.22.